The molecule has 1 atom stereocenters. The molecule has 0 aromatic heterocycles. The Balaban J connectivity index is 2.31. The Labute approximate surface area is 111 Å². The second-order valence-corrected chi connectivity index (χ2v) is 4.26. The van der Waals surface area contributed by atoms with Crippen LogP contribution in [0.25, 0.3) is 0 Å². The average molecular weight is 270 g/mol. The van der Waals surface area contributed by atoms with Crippen LogP contribution in [0.1, 0.15) is 11.1 Å². The number of rotatable bonds is 6. The molecule has 0 aliphatic carbocycles. The lowest BCUT2D eigenvalue weighted by molar-refractivity contribution is 0.0660. The van der Waals surface area contributed by atoms with Crippen molar-refractivity contribution in [3.05, 3.63) is 35.1 Å². The Hall–Kier alpha value is -1.66. The Morgan fingerprint density at radius 3 is 2.84 bits per heavy atom. The van der Waals surface area contributed by atoms with Gasteiger partial charge in [-0.15, -0.1) is 0 Å². The van der Waals surface area contributed by atoms with Gasteiger partial charge >= 0.3 is 6.03 Å². The fourth-order valence-electron chi connectivity index (χ4n) is 1.45. The Kier molecular flexibility index (Phi) is 6.24. The summed E-state index contributed by atoms with van der Waals surface area (Å²) in [4.78, 5) is 11.4. The lowest BCUT2D eigenvalue weighted by atomic mass is 10.1. The number of urea groups is 1. The standard InChI is InChI=1S/C13H19FN2O3/c1-9-3-4-10(5-12(9)14)6-15-13(18)16-7-11(17)8-19-2/h3-5,11,17H,6-8H2,1-2H3,(H2,15,16,18). The third-order valence-electron chi connectivity index (χ3n) is 2.55. The van der Waals surface area contributed by atoms with Crippen LogP contribution in [-0.2, 0) is 11.3 Å². The predicted octanol–water partition coefficient (Wildman–Crippen LogP) is 0.941. The van der Waals surface area contributed by atoms with Crippen molar-refractivity contribution in [2.75, 3.05) is 20.3 Å². The van der Waals surface area contributed by atoms with Gasteiger partial charge in [0.05, 0.1) is 12.7 Å². The number of aryl methyl sites for hydroxylation is 1. The fourth-order valence-corrected chi connectivity index (χ4v) is 1.45. The number of amides is 2. The number of methoxy groups -OCH3 is 1. The number of hydrogen-bond acceptors (Lipinski definition) is 3. The van der Waals surface area contributed by atoms with Crippen molar-refractivity contribution in [1.82, 2.24) is 10.6 Å². The summed E-state index contributed by atoms with van der Waals surface area (Å²) in [6, 6.07) is 4.37. The van der Waals surface area contributed by atoms with Crippen molar-refractivity contribution in [1.29, 1.82) is 0 Å². The van der Waals surface area contributed by atoms with E-state index < -0.39 is 12.1 Å². The van der Waals surface area contributed by atoms with Gasteiger partial charge in [-0.2, -0.15) is 0 Å². The highest BCUT2D eigenvalue weighted by atomic mass is 19.1. The second kappa shape index (κ2) is 7.70. The molecular weight excluding hydrogens is 251 g/mol. The number of hydrogen-bond donors (Lipinski definition) is 3. The first-order chi connectivity index (χ1) is 9.02. The molecule has 0 bridgehead atoms. The highest BCUT2D eigenvalue weighted by Crippen LogP contribution is 2.08. The van der Waals surface area contributed by atoms with Gasteiger partial charge in [0.2, 0.25) is 0 Å². The minimum Gasteiger partial charge on any atom is -0.389 e. The van der Waals surface area contributed by atoms with Gasteiger partial charge in [-0.3, -0.25) is 0 Å². The number of nitrogens with one attached hydrogen (secondary N) is 2. The molecule has 1 aromatic carbocycles. The van der Waals surface area contributed by atoms with Gasteiger partial charge in [0, 0.05) is 20.2 Å². The SMILES string of the molecule is COCC(O)CNC(=O)NCc1ccc(C)c(F)c1. The van der Waals surface area contributed by atoms with Crippen LogP contribution in [0.15, 0.2) is 18.2 Å². The van der Waals surface area contributed by atoms with E-state index in [1.54, 1.807) is 19.1 Å². The molecule has 106 valence electrons. The van der Waals surface area contributed by atoms with E-state index >= 15 is 0 Å². The fraction of sp³-hybridized carbons (Fsp3) is 0.462. The van der Waals surface area contributed by atoms with Crippen molar-refractivity contribution in [2.24, 2.45) is 0 Å². The number of ether oxygens (including phenoxy) is 1. The predicted molar refractivity (Wildman–Crippen MR) is 69.3 cm³/mol. The van der Waals surface area contributed by atoms with Crippen LogP contribution < -0.4 is 10.6 Å². The van der Waals surface area contributed by atoms with Crippen LogP contribution >= 0.6 is 0 Å². The van der Waals surface area contributed by atoms with Gasteiger partial charge < -0.3 is 20.5 Å². The van der Waals surface area contributed by atoms with E-state index in [9.17, 15) is 14.3 Å². The molecular formula is C13H19FN2O3. The first-order valence-corrected chi connectivity index (χ1v) is 5.96. The largest absolute Gasteiger partial charge is 0.389 e. The summed E-state index contributed by atoms with van der Waals surface area (Å²) in [6.45, 7) is 2.16. The summed E-state index contributed by atoms with van der Waals surface area (Å²) in [5, 5.41) is 14.4. The van der Waals surface area contributed by atoms with Gasteiger partial charge in [0.25, 0.3) is 0 Å². The Morgan fingerprint density at radius 2 is 2.21 bits per heavy atom. The maximum Gasteiger partial charge on any atom is 0.315 e. The van der Waals surface area contributed by atoms with Crippen LogP contribution in [0.4, 0.5) is 9.18 Å². The van der Waals surface area contributed by atoms with E-state index in [2.05, 4.69) is 10.6 Å². The molecule has 0 aliphatic heterocycles. The highest BCUT2D eigenvalue weighted by molar-refractivity contribution is 5.73. The first-order valence-electron chi connectivity index (χ1n) is 5.96. The van der Waals surface area contributed by atoms with Crippen LogP contribution in [0.5, 0.6) is 0 Å². The van der Waals surface area contributed by atoms with Crippen LogP contribution in [0.3, 0.4) is 0 Å². The van der Waals surface area contributed by atoms with E-state index in [1.165, 1.54) is 13.2 Å². The lowest BCUT2D eigenvalue weighted by Crippen LogP contribution is -2.40. The smallest absolute Gasteiger partial charge is 0.315 e. The molecule has 0 radical (unpaired) electrons. The average Bonchev–Trinajstić information content (AvgIpc) is 2.38. The zero-order valence-electron chi connectivity index (χ0n) is 11.1. The number of aliphatic hydroxyl groups excluding tert-OH is 1. The molecule has 0 aliphatic rings. The summed E-state index contributed by atoms with van der Waals surface area (Å²) >= 11 is 0. The van der Waals surface area contributed by atoms with Crippen molar-refractivity contribution in [2.45, 2.75) is 19.6 Å². The lowest BCUT2D eigenvalue weighted by Gasteiger charge is -2.11. The first kappa shape index (κ1) is 15.4. The van der Waals surface area contributed by atoms with E-state index in [4.69, 9.17) is 4.74 Å². The van der Waals surface area contributed by atoms with Gasteiger partial charge in [-0.05, 0) is 24.1 Å². The molecule has 1 aromatic rings. The van der Waals surface area contributed by atoms with Crippen molar-refractivity contribution < 1.29 is 19.0 Å². The molecule has 2 amide bonds. The molecule has 6 heteroatoms. The molecule has 0 heterocycles. The van der Waals surface area contributed by atoms with Crippen molar-refractivity contribution >= 4 is 6.03 Å². The van der Waals surface area contributed by atoms with Crippen LogP contribution in [0, 0.1) is 12.7 Å². The highest BCUT2D eigenvalue weighted by Gasteiger charge is 2.06. The third-order valence-corrected chi connectivity index (χ3v) is 2.55. The summed E-state index contributed by atoms with van der Waals surface area (Å²) in [7, 11) is 1.47. The zero-order valence-corrected chi connectivity index (χ0v) is 11.1. The van der Waals surface area contributed by atoms with E-state index in [0.717, 1.165) is 0 Å². The number of carbonyl (C=O) groups excluding carboxylic acids is 1. The number of carbonyl (C=O) groups is 1. The molecule has 5 nitrogen and oxygen atoms in total. The summed E-state index contributed by atoms with van der Waals surface area (Å²) in [5.74, 6) is -0.296. The number of halogens is 1. The van der Waals surface area contributed by atoms with Gasteiger partial charge in [-0.1, -0.05) is 12.1 Å². The molecule has 0 spiro atoms. The molecule has 0 saturated heterocycles. The Bertz CT molecular complexity index is 426. The summed E-state index contributed by atoms with van der Waals surface area (Å²) in [6.07, 6.45) is -0.743. The van der Waals surface area contributed by atoms with Crippen molar-refractivity contribution in [3.8, 4) is 0 Å². The Morgan fingerprint density at radius 1 is 1.47 bits per heavy atom. The summed E-state index contributed by atoms with van der Waals surface area (Å²) < 4.78 is 18.0. The van der Waals surface area contributed by atoms with Gasteiger partial charge in [0.1, 0.15) is 5.82 Å². The van der Waals surface area contributed by atoms with Gasteiger partial charge in [-0.25, -0.2) is 9.18 Å². The maximum atomic E-state index is 13.3. The van der Waals surface area contributed by atoms with Crippen LogP contribution in [-0.4, -0.2) is 37.5 Å². The van der Waals surface area contributed by atoms with E-state index in [-0.39, 0.29) is 25.5 Å². The molecule has 0 saturated carbocycles. The maximum absolute atomic E-state index is 13.3. The third kappa shape index (κ3) is 5.67. The quantitative estimate of drug-likeness (QED) is 0.720. The second-order valence-electron chi connectivity index (χ2n) is 4.26. The summed E-state index contributed by atoms with van der Waals surface area (Å²) in [5.41, 5.74) is 1.24. The molecule has 19 heavy (non-hydrogen) atoms. The minimum absolute atomic E-state index is 0.0991. The number of aliphatic hydroxyl groups is 1. The van der Waals surface area contributed by atoms with E-state index in [1.807, 2.05) is 0 Å². The normalized spacial score (nSPS) is 12.0. The molecule has 1 unspecified atom stereocenters. The zero-order chi connectivity index (χ0) is 14.3. The minimum atomic E-state index is -0.743. The monoisotopic (exact) mass is 270 g/mol. The van der Waals surface area contributed by atoms with Crippen LogP contribution in [0.2, 0.25) is 0 Å². The molecule has 1 rings (SSSR count). The van der Waals surface area contributed by atoms with Crippen molar-refractivity contribution in [3.63, 3.8) is 0 Å². The molecule has 0 fully saturated rings. The topological polar surface area (TPSA) is 70.6 Å². The molecule has 3 N–H and O–H groups in total. The number of benzene rings is 1. The van der Waals surface area contributed by atoms with Gasteiger partial charge in [0.15, 0.2) is 0 Å². The van der Waals surface area contributed by atoms with E-state index in [0.29, 0.717) is 11.1 Å².